The Morgan fingerprint density at radius 3 is 3.00 bits per heavy atom. The highest BCUT2D eigenvalue weighted by Gasteiger charge is 2.23. The molecule has 2 rings (SSSR count). The zero-order valence-electron chi connectivity index (χ0n) is 11.2. The average Bonchev–Trinajstić information content (AvgIpc) is 2.42. The molecule has 2 N–H and O–H groups in total. The number of amides is 1. The van der Waals surface area contributed by atoms with Gasteiger partial charge in [-0.05, 0) is 49.9 Å². The molecular weight excluding hydrogens is 280 g/mol. The van der Waals surface area contributed by atoms with E-state index in [4.69, 9.17) is 11.6 Å². The average molecular weight is 299 g/mol. The first-order chi connectivity index (χ1) is 9.11. The third kappa shape index (κ3) is 3.65. The highest BCUT2D eigenvalue weighted by molar-refractivity contribution is 7.98. The van der Waals surface area contributed by atoms with Crippen LogP contribution in [-0.2, 0) is 0 Å². The summed E-state index contributed by atoms with van der Waals surface area (Å²) in [6.45, 7) is 4.05. The Morgan fingerprint density at radius 2 is 2.32 bits per heavy atom. The number of benzene rings is 1. The molecule has 2 unspecified atom stereocenters. The third-order valence-electron chi connectivity index (χ3n) is 3.52. The van der Waals surface area contributed by atoms with Crippen LogP contribution in [0.1, 0.15) is 23.7 Å². The van der Waals surface area contributed by atoms with Gasteiger partial charge >= 0.3 is 0 Å². The van der Waals surface area contributed by atoms with Gasteiger partial charge in [0.2, 0.25) is 0 Å². The topological polar surface area (TPSA) is 41.1 Å². The molecule has 1 heterocycles. The van der Waals surface area contributed by atoms with Crippen LogP contribution in [0.2, 0.25) is 5.02 Å². The van der Waals surface area contributed by atoms with Crippen LogP contribution in [0.5, 0.6) is 0 Å². The van der Waals surface area contributed by atoms with Gasteiger partial charge < -0.3 is 10.6 Å². The lowest BCUT2D eigenvalue weighted by Crippen LogP contribution is -2.48. The number of thioether (sulfide) groups is 1. The van der Waals surface area contributed by atoms with Crippen molar-refractivity contribution in [1.82, 2.24) is 10.6 Å². The van der Waals surface area contributed by atoms with Gasteiger partial charge in [0.1, 0.15) is 0 Å². The van der Waals surface area contributed by atoms with Gasteiger partial charge in [0, 0.05) is 10.9 Å². The van der Waals surface area contributed by atoms with E-state index in [0.717, 1.165) is 24.4 Å². The molecule has 1 amide bonds. The first-order valence-electron chi connectivity index (χ1n) is 6.47. The number of hydrogen-bond acceptors (Lipinski definition) is 3. The number of hydrogen-bond donors (Lipinski definition) is 2. The number of nitrogens with one attached hydrogen (secondary N) is 2. The van der Waals surface area contributed by atoms with E-state index < -0.39 is 0 Å². The van der Waals surface area contributed by atoms with Gasteiger partial charge in [0.25, 0.3) is 5.91 Å². The number of carbonyl (C=O) groups excluding carboxylic acids is 1. The van der Waals surface area contributed by atoms with Crippen LogP contribution in [0.3, 0.4) is 0 Å². The maximum atomic E-state index is 12.3. The smallest absolute Gasteiger partial charge is 0.253 e. The molecule has 0 radical (unpaired) electrons. The van der Waals surface area contributed by atoms with Crippen molar-refractivity contribution in [2.45, 2.75) is 24.3 Å². The molecule has 1 saturated heterocycles. The van der Waals surface area contributed by atoms with E-state index in [0.29, 0.717) is 16.5 Å². The highest BCUT2D eigenvalue weighted by atomic mass is 35.5. The first-order valence-corrected chi connectivity index (χ1v) is 8.07. The molecule has 1 aromatic carbocycles. The Labute approximate surface area is 123 Å². The van der Waals surface area contributed by atoms with Crippen LogP contribution in [-0.4, -0.2) is 31.3 Å². The molecule has 1 aliphatic rings. The molecule has 1 aromatic rings. The van der Waals surface area contributed by atoms with Gasteiger partial charge in [0.15, 0.2) is 0 Å². The summed E-state index contributed by atoms with van der Waals surface area (Å²) < 4.78 is 0. The number of rotatable bonds is 3. The van der Waals surface area contributed by atoms with E-state index in [1.54, 1.807) is 17.8 Å². The summed E-state index contributed by atoms with van der Waals surface area (Å²) in [6.07, 6.45) is 2.95. The SMILES string of the molecule is CSc1ccc(Cl)c(C(=O)NC2CCNCC2C)c1. The highest BCUT2D eigenvalue weighted by Crippen LogP contribution is 2.23. The molecule has 104 valence electrons. The van der Waals surface area contributed by atoms with Crippen molar-refractivity contribution in [3.8, 4) is 0 Å². The molecule has 1 aliphatic heterocycles. The van der Waals surface area contributed by atoms with Crippen LogP contribution >= 0.6 is 23.4 Å². The predicted molar refractivity (Wildman–Crippen MR) is 81.1 cm³/mol. The van der Waals surface area contributed by atoms with Gasteiger partial charge in [-0.3, -0.25) is 4.79 Å². The summed E-state index contributed by atoms with van der Waals surface area (Å²) in [4.78, 5) is 13.4. The summed E-state index contributed by atoms with van der Waals surface area (Å²) in [5.74, 6) is 0.375. The van der Waals surface area contributed by atoms with Crippen LogP contribution < -0.4 is 10.6 Å². The quantitative estimate of drug-likeness (QED) is 0.843. The summed E-state index contributed by atoms with van der Waals surface area (Å²) in [5, 5.41) is 6.94. The van der Waals surface area contributed by atoms with Crippen LogP contribution in [0.25, 0.3) is 0 Å². The van der Waals surface area contributed by atoms with Gasteiger partial charge in [-0.1, -0.05) is 18.5 Å². The molecule has 19 heavy (non-hydrogen) atoms. The maximum Gasteiger partial charge on any atom is 0.253 e. The predicted octanol–water partition coefficient (Wildman–Crippen LogP) is 2.79. The molecule has 0 spiro atoms. The number of piperidine rings is 1. The van der Waals surface area contributed by atoms with E-state index in [2.05, 4.69) is 17.6 Å². The summed E-state index contributed by atoms with van der Waals surface area (Å²) in [5.41, 5.74) is 0.569. The lowest BCUT2D eigenvalue weighted by atomic mass is 9.95. The standard InChI is InChI=1S/C14H19ClN2OS/c1-9-8-16-6-5-13(9)17-14(18)11-7-10(19-2)3-4-12(11)15/h3-4,7,9,13,16H,5-6,8H2,1-2H3,(H,17,18). The Bertz CT molecular complexity index is 467. The molecule has 2 atom stereocenters. The molecule has 0 saturated carbocycles. The van der Waals surface area contributed by atoms with Crippen molar-refractivity contribution in [3.63, 3.8) is 0 Å². The van der Waals surface area contributed by atoms with Crippen molar-refractivity contribution < 1.29 is 4.79 Å². The van der Waals surface area contributed by atoms with E-state index >= 15 is 0 Å². The van der Waals surface area contributed by atoms with Gasteiger partial charge in [-0.2, -0.15) is 0 Å². The molecule has 0 aliphatic carbocycles. The van der Waals surface area contributed by atoms with Gasteiger partial charge in [0.05, 0.1) is 10.6 Å². The van der Waals surface area contributed by atoms with E-state index in [9.17, 15) is 4.79 Å². The summed E-state index contributed by atoms with van der Waals surface area (Å²) in [6, 6.07) is 5.79. The largest absolute Gasteiger partial charge is 0.349 e. The van der Waals surface area contributed by atoms with E-state index in [-0.39, 0.29) is 11.9 Å². The summed E-state index contributed by atoms with van der Waals surface area (Å²) >= 11 is 7.73. The summed E-state index contributed by atoms with van der Waals surface area (Å²) in [7, 11) is 0. The number of carbonyl (C=O) groups is 1. The van der Waals surface area contributed by atoms with Crippen molar-refractivity contribution >= 4 is 29.3 Å². The van der Waals surface area contributed by atoms with E-state index in [1.807, 2.05) is 18.4 Å². The van der Waals surface area contributed by atoms with Gasteiger partial charge in [-0.15, -0.1) is 11.8 Å². The minimum atomic E-state index is -0.0698. The van der Waals surface area contributed by atoms with Crippen LogP contribution in [0.4, 0.5) is 0 Å². The Balaban J connectivity index is 2.10. The molecule has 5 heteroatoms. The Morgan fingerprint density at radius 1 is 1.53 bits per heavy atom. The fourth-order valence-corrected chi connectivity index (χ4v) is 2.92. The molecule has 0 aromatic heterocycles. The second-order valence-corrected chi connectivity index (χ2v) is 6.18. The number of halogens is 1. The second-order valence-electron chi connectivity index (χ2n) is 4.90. The first kappa shape index (κ1) is 14.7. The fourth-order valence-electron chi connectivity index (χ4n) is 2.28. The second kappa shape index (κ2) is 6.64. The molecule has 3 nitrogen and oxygen atoms in total. The van der Waals surface area contributed by atoms with Crippen LogP contribution in [0.15, 0.2) is 23.1 Å². The third-order valence-corrected chi connectivity index (χ3v) is 4.57. The van der Waals surface area contributed by atoms with Crippen molar-refractivity contribution in [3.05, 3.63) is 28.8 Å². The molecular formula is C14H19ClN2OS. The maximum absolute atomic E-state index is 12.3. The van der Waals surface area contributed by atoms with Crippen LogP contribution in [0, 0.1) is 5.92 Å². The van der Waals surface area contributed by atoms with Crippen molar-refractivity contribution in [2.75, 3.05) is 19.3 Å². The van der Waals surface area contributed by atoms with Crippen molar-refractivity contribution in [2.24, 2.45) is 5.92 Å². The van der Waals surface area contributed by atoms with Crippen molar-refractivity contribution in [1.29, 1.82) is 0 Å². The zero-order chi connectivity index (χ0) is 13.8. The lowest BCUT2D eigenvalue weighted by Gasteiger charge is -2.30. The fraction of sp³-hybridized carbons (Fsp3) is 0.500. The van der Waals surface area contributed by atoms with E-state index in [1.165, 1.54) is 0 Å². The zero-order valence-corrected chi connectivity index (χ0v) is 12.8. The van der Waals surface area contributed by atoms with Gasteiger partial charge in [-0.25, -0.2) is 0 Å². The minimum Gasteiger partial charge on any atom is -0.349 e. The normalized spacial score (nSPS) is 23.1. The Hall–Kier alpha value is -0.710. The molecule has 1 fully saturated rings. The Kier molecular flexibility index (Phi) is 5.13. The minimum absolute atomic E-state index is 0.0698. The lowest BCUT2D eigenvalue weighted by molar-refractivity contribution is 0.0914. The monoisotopic (exact) mass is 298 g/mol. The molecule has 0 bridgehead atoms.